The number of hydrogen-bond acceptors (Lipinski definition) is 5. The molecule has 6 nitrogen and oxygen atoms in total. The summed E-state index contributed by atoms with van der Waals surface area (Å²) >= 11 is 0. The first-order valence-corrected chi connectivity index (χ1v) is 6.17. The lowest BCUT2D eigenvalue weighted by Crippen LogP contribution is -2.24. The smallest absolute Gasteiger partial charge is 0.350 e. The molecule has 110 valence electrons. The second-order valence-corrected chi connectivity index (χ2v) is 5.17. The number of esters is 1. The Kier molecular flexibility index (Phi) is 5.08. The first-order valence-electron chi connectivity index (χ1n) is 6.17. The minimum Gasteiger partial charge on any atom is -0.478 e. The molecule has 2 N–H and O–H groups in total. The molecule has 1 rings (SSSR count). The van der Waals surface area contributed by atoms with Gasteiger partial charge in [0.1, 0.15) is 11.7 Å². The van der Waals surface area contributed by atoms with E-state index in [1.54, 1.807) is 39.0 Å². The van der Waals surface area contributed by atoms with E-state index in [-0.39, 0.29) is 16.8 Å². The van der Waals surface area contributed by atoms with Gasteiger partial charge in [0.05, 0.1) is 11.3 Å². The molecule has 0 bridgehead atoms. The molecule has 0 fully saturated rings. The zero-order valence-corrected chi connectivity index (χ0v) is 12.0. The topological polar surface area (TPSA) is 99.4 Å². The molecule has 0 aliphatic heterocycles. The summed E-state index contributed by atoms with van der Waals surface area (Å²) in [7, 11) is 0. The van der Waals surface area contributed by atoms with Crippen LogP contribution in [0.25, 0.3) is 0 Å². The minimum atomic E-state index is -1.11. The number of anilines is 1. The summed E-state index contributed by atoms with van der Waals surface area (Å²) in [4.78, 5) is 22.8. The number of carbonyl (C=O) groups excluding carboxylic acids is 1. The van der Waals surface area contributed by atoms with Crippen molar-refractivity contribution in [1.82, 2.24) is 0 Å². The van der Waals surface area contributed by atoms with E-state index >= 15 is 0 Å². The first-order chi connectivity index (χ1) is 9.74. The molecular formula is C15H16N2O4. The van der Waals surface area contributed by atoms with Crippen LogP contribution in [0, 0.1) is 11.3 Å². The van der Waals surface area contributed by atoms with E-state index in [4.69, 9.17) is 15.1 Å². The van der Waals surface area contributed by atoms with Crippen molar-refractivity contribution in [3.05, 3.63) is 41.6 Å². The second-order valence-electron chi connectivity index (χ2n) is 5.17. The number of benzene rings is 1. The maximum absolute atomic E-state index is 11.8. The van der Waals surface area contributed by atoms with Gasteiger partial charge in [0, 0.05) is 6.20 Å². The lowest BCUT2D eigenvalue weighted by Gasteiger charge is -2.19. The molecule has 1 aromatic carbocycles. The molecule has 6 heteroatoms. The molecule has 0 radical (unpaired) electrons. The van der Waals surface area contributed by atoms with Gasteiger partial charge in [-0.05, 0) is 32.9 Å². The number of nitriles is 1. The fraction of sp³-hybridized carbons (Fsp3) is 0.267. The maximum atomic E-state index is 11.8. The third-order valence-electron chi connectivity index (χ3n) is 2.27. The molecule has 1 aromatic rings. The lowest BCUT2D eigenvalue weighted by atomic mass is 10.1. The van der Waals surface area contributed by atoms with Gasteiger partial charge in [-0.25, -0.2) is 9.59 Å². The van der Waals surface area contributed by atoms with Crippen molar-refractivity contribution in [3.8, 4) is 6.07 Å². The van der Waals surface area contributed by atoms with E-state index in [9.17, 15) is 9.59 Å². The van der Waals surface area contributed by atoms with Crippen molar-refractivity contribution in [2.24, 2.45) is 0 Å². The van der Waals surface area contributed by atoms with E-state index in [0.29, 0.717) is 0 Å². The molecule has 21 heavy (non-hydrogen) atoms. The van der Waals surface area contributed by atoms with Crippen LogP contribution in [0.2, 0.25) is 0 Å². The van der Waals surface area contributed by atoms with Crippen molar-refractivity contribution < 1.29 is 19.4 Å². The van der Waals surface area contributed by atoms with Crippen LogP contribution in [0.15, 0.2) is 36.0 Å². The number of nitrogens with zero attached hydrogens (tertiary/aromatic N) is 1. The van der Waals surface area contributed by atoms with Crippen LogP contribution >= 0.6 is 0 Å². The fourth-order valence-corrected chi connectivity index (χ4v) is 1.42. The molecule has 0 aromatic heterocycles. The van der Waals surface area contributed by atoms with Crippen LogP contribution in [0.1, 0.15) is 31.1 Å². The summed E-state index contributed by atoms with van der Waals surface area (Å²) in [5.74, 6) is -1.88. The Hall–Kier alpha value is -2.81. The second kappa shape index (κ2) is 6.57. The van der Waals surface area contributed by atoms with Gasteiger partial charge in [-0.15, -0.1) is 0 Å². The van der Waals surface area contributed by atoms with Gasteiger partial charge in [-0.1, -0.05) is 12.1 Å². The van der Waals surface area contributed by atoms with Gasteiger partial charge >= 0.3 is 11.9 Å². The fourth-order valence-electron chi connectivity index (χ4n) is 1.42. The number of aromatic carboxylic acids is 1. The predicted molar refractivity (Wildman–Crippen MR) is 76.6 cm³/mol. The number of para-hydroxylation sites is 1. The van der Waals surface area contributed by atoms with Gasteiger partial charge in [-0.2, -0.15) is 5.26 Å². The van der Waals surface area contributed by atoms with E-state index in [1.807, 2.05) is 0 Å². The number of hydrogen-bond donors (Lipinski definition) is 2. The summed E-state index contributed by atoms with van der Waals surface area (Å²) in [6.07, 6.45) is 1.13. The largest absolute Gasteiger partial charge is 0.478 e. The van der Waals surface area contributed by atoms with Crippen LogP contribution in [-0.2, 0) is 9.53 Å². The molecule has 0 aliphatic carbocycles. The molecule has 0 saturated heterocycles. The Morgan fingerprint density at radius 1 is 1.33 bits per heavy atom. The molecule has 0 aliphatic rings. The summed E-state index contributed by atoms with van der Waals surface area (Å²) in [6, 6.07) is 7.89. The molecule has 0 amide bonds. The number of carbonyl (C=O) groups is 2. The van der Waals surface area contributed by atoms with E-state index in [2.05, 4.69) is 5.32 Å². The van der Waals surface area contributed by atoms with Gasteiger partial charge in [0.2, 0.25) is 0 Å². The Bertz CT molecular complexity index is 621. The molecule has 0 spiro atoms. The predicted octanol–water partition coefficient (Wildman–Crippen LogP) is 2.55. The highest BCUT2D eigenvalue weighted by Gasteiger charge is 2.20. The number of carboxylic acids is 1. The highest BCUT2D eigenvalue weighted by atomic mass is 16.6. The normalized spacial score (nSPS) is 11.4. The van der Waals surface area contributed by atoms with Crippen LogP contribution in [0.4, 0.5) is 5.69 Å². The van der Waals surface area contributed by atoms with Gasteiger partial charge in [0.15, 0.2) is 5.57 Å². The first kappa shape index (κ1) is 16.2. The van der Waals surface area contributed by atoms with Crippen molar-refractivity contribution in [2.75, 3.05) is 5.32 Å². The Morgan fingerprint density at radius 2 is 1.95 bits per heavy atom. The van der Waals surface area contributed by atoms with E-state index in [0.717, 1.165) is 6.20 Å². The van der Waals surface area contributed by atoms with Crippen molar-refractivity contribution in [1.29, 1.82) is 5.26 Å². The Balaban J connectivity index is 2.95. The van der Waals surface area contributed by atoms with Crippen molar-refractivity contribution in [3.63, 3.8) is 0 Å². The number of rotatable bonds is 4. The standard InChI is InChI=1S/C15H16N2O4/c1-15(2,3)21-14(20)10(8-16)9-17-12-7-5-4-6-11(12)13(18)19/h4-7,9,17H,1-3H3,(H,18,19). The SMILES string of the molecule is CC(C)(C)OC(=O)C(C#N)=CNc1ccccc1C(=O)O. The average Bonchev–Trinajstić information content (AvgIpc) is 2.37. The summed E-state index contributed by atoms with van der Waals surface area (Å²) in [6.45, 7) is 5.06. The zero-order valence-electron chi connectivity index (χ0n) is 12.0. The number of carboxylic acid groups (broad SMARTS) is 1. The maximum Gasteiger partial charge on any atom is 0.350 e. The quantitative estimate of drug-likeness (QED) is 0.502. The lowest BCUT2D eigenvalue weighted by molar-refractivity contribution is -0.149. The highest BCUT2D eigenvalue weighted by Crippen LogP contribution is 2.16. The molecule has 0 atom stereocenters. The molecule has 0 saturated carbocycles. The van der Waals surface area contributed by atoms with E-state index < -0.39 is 17.5 Å². The van der Waals surface area contributed by atoms with Crippen LogP contribution in [-0.4, -0.2) is 22.6 Å². The van der Waals surface area contributed by atoms with Gasteiger partial charge in [0.25, 0.3) is 0 Å². The summed E-state index contributed by atoms with van der Waals surface area (Å²) in [5, 5.41) is 20.7. The highest BCUT2D eigenvalue weighted by molar-refractivity contribution is 5.96. The van der Waals surface area contributed by atoms with Gasteiger partial charge < -0.3 is 15.2 Å². The van der Waals surface area contributed by atoms with Gasteiger partial charge in [-0.3, -0.25) is 0 Å². The van der Waals surface area contributed by atoms with Crippen LogP contribution < -0.4 is 5.32 Å². The molecular weight excluding hydrogens is 272 g/mol. The Morgan fingerprint density at radius 3 is 2.48 bits per heavy atom. The monoisotopic (exact) mass is 288 g/mol. The van der Waals surface area contributed by atoms with E-state index in [1.165, 1.54) is 12.1 Å². The van der Waals surface area contributed by atoms with Crippen molar-refractivity contribution >= 4 is 17.6 Å². The summed E-state index contributed by atoms with van der Waals surface area (Å²) in [5.41, 5.74) is -0.645. The summed E-state index contributed by atoms with van der Waals surface area (Å²) < 4.78 is 5.07. The third-order valence-corrected chi connectivity index (χ3v) is 2.27. The third kappa shape index (κ3) is 4.99. The van der Waals surface area contributed by atoms with Crippen molar-refractivity contribution in [2.45, 2.75) is 26.4 Å². The molecule has 0 unspecified atom stereocenters. The number of nitrogens with one attached hydrogen (secondary N) is 1. The molecule has 0 heterocycles. The zero-order chi connectivity index (χ0) is 16.0. The van der Waals surface area contributed by atoms with Crippen LogP contribution in [0.3, 0.4) is 0 Å². The van der Waals surface area contributed by atoms with Crippen LogP contribution in [0.5, 0.6) is 0 Å². The minimum absolute atomic E-state index is 0.0372. The Labute approximate surface area is 122 Å². The average molecular weight is 288 g/mol. The number of ether oxygens (including phenoxy) is 1.